The Morgan fingerprint density at radius 2 is 1.39 bits per heavy atom. The molecule has 4 heteroatoms. The smallest absolute Gasteiger partial charge is 0.282 e. The highest BCUT2D eigenvalue weighted by molar-refractivity contribution is 7.86. The Labute approximate surface area is 142 Å². The molecular weight excluding hydrogens is 308 g/mol. The van der Waals surface area contributed by atoms with Crippen LogP contribution in [0.25, 0.3) is 0 Å². The molecule has 0 amide bonds. The predicted molar refractivity (Wildman–Crippen MR) is 96.5 cm³/mol. The third-order valence-corrected chi connectivity index (χ3v) is 5.45. The molecule has 1 N–H and O–H groups in total. The summed E-state index contributed by atoms with van der Waals surface area (Å²) >= 11 is 0. The first-order valence-corrected chi connectivity index (χ1v) is 10.5. The SMILES string of the molecule is CCCCCCCCCCCCc1cccc(C)c1S(=O)(=O)O. The van der Waals surface area contributed by atoms with E-state index in [1.165, 1.54) is 51.4 Å². The molecule has 0 saturated carbocycles. The Bertz CT molecular complexity index is 550. The first-order valence-electron chi connectivity index (χ1n) is 9.02. The van der Waals surface area contributed by atoms with Crippen molar-refractivity contribution in [3.05, 3.63) is 29.3 Å². The number of rotatable bonds is 12. The molecule has 132 valence electrons. The van der Waals surface area contributed by atoms with E-state index in [4.69, 9.17) is 0 Å². The van der Waals surface area contributed by atoms with Crippen molar-refractivity contribution in [1.82, 2.24) is 0 Å². The Kier molecular flexibility index (Phi) is 9.49. The lowest BCUT2D eigenvalue weighted by molar-refractivity contribution is 0.481. The van der Waals surface area contributed by atoms with Gasteiger partial charge in [0.05, 0.1) is 4.90 Å². The third-order valence-electron chi connectivity index (χ3n) is 4.35. The lowest BCUT2D eigenvalue weighted by atomic mass is 10.0. The van der Waals surface area contributed by atoms with Crippen LogP contribution >= 0.6 is 0 Å². The maximum atomic E-state index is 11.5. The average Bonchev–Trinajstić information content (AvgIpc) is 2.48. The number of aryl methyl sites for hydroxylation is 2. The monoisotopic (exact) mass is 340 g/mol. The van der Waals surface area contributed by atoms with Crippen LogP contribution in [0.15, 0.2) is 23.1 Å². The van der Waals surface area contributed by atoms with Gasteiger partial charge in [0, 0.05) is 0 Å². The van der Waals surface area contributed by atoms with Crippen molar-refractivity contribution < 1.29 is 13.0 Å². The summed E-state index contributed by atoms with van der Waals surface area (Å²) in [7, 11) is -4.13. The summed E-state index contributed by atoms with van der Waals surface area (Å²) in [5.41, 5.74) is 1.36. The van der Waals surface area contributed by atoms with E-state index in [1.807, 2.05) is 12.1 Å². The van der Waals surface area contributed by atoms with Crippen LogP contribution in [0.4, 0.5) is 0 Å². The Morgan fingerprint density at radius 1 is 0.870 bits per heavy atom. The van der Waals surface area contributed by atoms with Crippen LogP contribution in [-0.2, 0) is 16.5 Å². The van der Waals surface area contributed by atoms with Gasteiger partial charge in [0.15, 0.2) is 0 Å². The Morgan fingerprint density at radius 3 is 1.91 bits per heavy atom. The maximum Gasteiger partial charge on any atom is 0.295 e. The normalized spacial score (nSPS) is 11.8. The van der Waals surface area contributed by atoms with Gasteiger partial charge in [-0.05, 0) is 30.9 Å². The quantitative estimate of drug-likeness (QED) is 0.392. The highest BCUT2D eigenvalue weighted by atomic mass is 32.2. The maximum absolute atomic E-state index is 11.5. The van der Waals surface area contributed by atoms with Crippen LogP contribution in [0.3, 0.4) is 0 Å². The summed E-state index contributed by atoms with van der Waals surface area (Å²) in [4.78, 5) is 0.107. The Balaban J connectivity index is 2.26. The molecule has 0 aliphatic heterocycles. The number of hydrogen-bond donors (Lipinski definition) is 1. The topological polar surface area (TPSA) is 54.4 Å². The van der Waals surface area contributed by atoms with Gasteiger partial charge in [0.2, 0.25) is 0 Å². The molecular formula is C19H32O3S. The largest absolute Gasteiger partial charge is 0.295 e. The molecule has 0 heterocycles. The van der Waals surface area contributed by atoms with Gasteiger partial charge in [-0.3, -0.25) is 4.55 Å². The molecule has 0 aromatic heterocycles. The van der Waals surface area contributed by atoms with Crippen molar-refractivity contribution in [3.63, 3.8) is 0 Å². The van der Waals surface area contributed by atoms with E-state index in [-0.39, 0.29) is 4.90 Å². The molecule has 0 aliphatic carbocycles. The molecule has 0 fully saturated rings. The molecule has 0 saturated heterocycles. The average molecular weight is 341 g/mol. The molecule has 1 aromatic carbocycles. The molecule has 0 radical (unpaired) electrons. The molecule has 0 atom stereocenters. The number of hydrogen-bond acceptors (Lipinski definition) is 2. The van der Waals surface area contributed by atoms with Crippen molar-refractivity contribution in [2.45, 2.75) is 89.4 Å². The zero-order valence-corrected chi connectivity index (χ0v) is 15.5. The Hall–Kier alpha value is -0.870. The van der Waals surface area contributed by atoms with Gasteiger partial charge in [-0.1, -0.05) is 82.9 Å². The molecule has 1 rings (SSSR count). The van der Waals surface area contributed by atoms with Crippen molar-refractivity contribution in [1.29, 1.82) is 0 Å². The van der Waals surface area contributed by atoms with E-state index in [9.17, 15) is 13.0 Å². The molecule has 0 bridgehead atoms. The number of benzene rings is 1. The summed E-state index contributed by atoms with van der Waals surface area (Å²) < 4.78 is 32.4. The van der Waals surface area contributed by atoms with Crippen LogP contribution < -0.4 is 0 Å². The van der Waals surface area contributed by atoms with Gasteiger partial charge < -0.3 is 0 Å². The molecule has 3 nitrogen and oxygen atoms in total. The summed E-state index contributed by atoms with van der Waals surface area (Å²) in [6, 6.07) is 5.39. The lowest BCUT2D eigenvalue weighted by Crippen LogP contribution is -2.05. The zero-order chi connectivity index (χ0) is 17.1. The molecule has 0 spiro atoms. The minimum Gasteiger partial charge on any atom is -0.282 e. The third kappa shape index (κ3) is 7.98. The van der Waals surface area contributed by atoms with Gasteiger partial charge in [-0.2, -0.15) is 8.42 Å². The standard InChI is InChI=1S/C19H32O3S/c1-3-4-5-6-7-8-9-10-11-12-15-18-16-13-14-17(2)19(18)23(20,21)22/h13-14,16H,3-12,15H2,1-2H3,(H,20,21,22). The molecule has 0 aliphatic rings. The van der Waals surface area contributed by atoms with E-state index >= 15 is 0 Å². The minimum absolute atomic E-state index is 0.107. The first kappa shape index (κ1) is 20.2. The fraction of sp³-hybridized carbons (Fsp3) is 0.684. The van der Waals surface area contributed by atoms with Crippen LogP contribution in [0.1, 0.15) is 82.3 Å². The molecule has 23 heavy (non-hydrogen) atoms. The summed E-state index contributed by atoms with van der Waals surface area (Å²) in [5, 5.41) is 0. The number of unbranched alkanes of at least 4 members (excludes halogenated alkanes) is 9. The molecule has 1 aromatic rings. The van der Waals surface area contributed by atoms with Crippen molar-refractivity contribution in [3.8, 4) is 0 Å². The minimum atomic E-state index is -4.13. The van der Waals surface area contributed by atoms with Crippen molar-refractivity contribution in [2.75, 3.05) is 0 Å². The van der Waals surface area contributed by atoms with E-state index in [1.54, 1.807) is 13.0 Å². The van der Waals surface area contributed by atoms with Crippen LogP contribution in [-0.4, -0.2) is 13.0 Å². The lowest BCUT2D eigenvalue weighted by Gasteiger charge is -2.10. The molecule has 0 unspecified atom stereocenters. The van der Waals surface area contributed by atoms with Gasteiger partial charge in [0.1, 0.15) is 0 Å². The van der Waals surface area contributed by atoms with Crippen LogP contribution in [0.2, 0.25) is 0 Å². The zero-order valence-electron chi connectivity index (χ0n) is 14.7. The summed E-state index contributed by atoms with van der Waals surface area (Å²) in [6.07, 6.45) is 13.3. The van der Waals surface area contributed by atoms with E-state index in [0.717, 1.165) is 18.4 Å². The van der Waals surface area contributed by atoms with Crippen molar-refractivity contribution in [2.24, 2.45) is 0 Å². The summed E-state index contributed by atoms with van der Waals surface area (Å²) in [6.45, 7) is 3.97. The van der Waals surface area contributed by atoms with Crippen molar-refractivity contribution >= 4 is 10.1 Å². The van der Waals surface area contributed by atoms with Crippen LogP contribution in [0, 0.1) is 6.92 Å². The van der Waals surface area contributed by atoms with E-state index in [2.05, 4.69) is 6.92 Å². The second-order valence-corrected chi connectivity index (χ2v) is 7.83. The predicted octanol–water partition coefficient (Wildman–Crippen LogP) is 5.71. The van der Waals surface area contributed by atoms with Gasteiger partial charge in [0.25, 0.3) is 10.1 Å². The first-order chi connectivity index (χ1) is 11.0. The highest BCUT2D eigenvalue weighted by Crippen LogP contribution is 2.22. The van der Waals surface area contributed by atoms with Gasteiger partial charge >= 0.3 is 0 Å². The van der Waals surface area contributed by atoms with Gasteiger partial charge in [-0.15, -0.1) is 0 Å². The highest BCUT2D eigenvalue weighted by Gasteiger charge is 2.17. The van der Waals surface area contributed by atoms with E-state index in [0.29, 0.717) is 12.0 Å². The van der Waals surface area contributed by atoms with Gasteiger partial charge in [-0.25, -0.2) is 0 Å². The van der Waals surface area contributed by atoms with Crippen LogP contribution in [0.5, 0.6) is 0 Å². The summed E-state index contributed by atoms with van der Waals surface area (Å²) in [5.74, 6) is 0. The fourth-order valence-corrected chi connectivity index (χ4v) is 4.06. The second-order valence-electron chi connectivity index (χ2n) is 6.47. The van der Waals surface area contributed by atoms with E-state index < -0.39 is 10.1 Å². The second kappa shape index (κ2) is 10.8. The fourth-order valence-electron chi connectivity index (χ4n) is 3.08.